The van der Waals surface area contributed by atoms with E-state index in [-0.39, 0.29) is 5.97 Å². The third-order valence-corrected chi connectivity index (χ3v) is 3.71. The largest absolute Gasteiger partial charge is 0.466 e. The van der Waals surface area contributed by atoms with Crippen molar-refractivity contribution in [2.45, 2.75) is 33.2 Å². The maximum Gasteiger partial charge on any atom is 0.307 e. The van der Waals surface area contributed by atoms with Crippen molar-refractivity contribution in [3.63, 3.8) is 0 Å². The highest BCUT2D eigenvalue weighted by Gasteiger charge is 2.07. The topological polar surface area (TPSA) is 29.5 Å². The smallest absolute Gasteiger partial charge is 0.307 e. The highest BCUT2D eigenvalue weighted by molar-refractivity contribution is 7.11. The fourth-order valence-electron chi connectivity index (χ4n) is 1.56. The van der Waals surface area contributed by atoms with E-state index in [2.05, 4.69) is 24.0 Å². The van der Waals surface area contributed by atoms with Crippen LogP contribution in [0.5, 0.6) is 0 Å². The van der Waals surface area contributed by atoms with Crippen molar-refractivity contribution in [2.24, 2.45) is 0 Å². The summed E-state index contributed by atoms with van der Waals surface area (Å²) in [6, 6.07) is 4.35. The fraction of sp³-hybridized carbons (Fsp3) is 0.615. The van der Waals surface area contributed by atoms with Crippen LogP contribution in [0.2, 0.25) is 0 Å². The number of carbonyl (C=O) groups excluding carboxylic acids is 1. The predicted molar refractivity (Wildman–Crippen MR) is 71.3 cm³/mol. The summed E-state index contributed by atoms with van der Waals surface area (Å²) in [4.78, 5) is 16.1. The lowest BCUT2D eigenvalue weighted by molar-refractivity contribution is -0.143. The molecule has 96 valence electrons. The maximum atomic E-state index is 11.2. The Morgan fingerprint density at radius 1 is 1.35 bits per heavy atom. The van der Waals surface area contributed by atoms with Crippen molar-refractivity contribution in [2.75, 3.05) is 20.2 Å². The average molecular weight is 255 g/mol. The zero-order valence-electron chi connectivity index (χ0n) is 10.9. The number of aryl methyl sites for hydroxylation is 1. The molecule has 0 saturated carbocycles. The van der Waals surface area contributed by atoms with Gasteiger partial charge in [0.2, 0.25) is 0 Å². The molecule has 1 rings (SSSR count). The van der Waals surface area contributed by atoms with Crippen molar-refractivity contribution < 1.29 is 9.53 Å². The number of esters is 1. The molecule has 0 fully saturated rings. The van der Waals surface area contributed by atoms with Crippen molar-refractivity contribution in [3.8, 4) is 0 Å². The second-order valence-corrected chi connectivity index (χ2v) is 5.27. The van der Waals surface area contributed by atoms with Gasteiger partial charge in [-0.2, -0.15) is 0 Å². The van der Waals surface area contributed by atoms with Gasteiger partial charge in [0.05, 0.1) is 13.0 Å². The van der Waals surface area contributed by atoms with Crippen molar-refractivity contribution in [1.29, 1.82) is 0 Å². The first-order valence-corrected chi connectivity index (χ1v) is 6.89. The molecule has 0 saturated heterocycles. The van der Waals surface area contributed by atoms with Gasteiger partial charge < -0.3 is 9.64 Å². The lowest BCUT2D eigenvalue weighted by Gasteiger charge is -2.14. The highest BCUT2D eigenvalue weighted by atomic mass is 32.1. The fourth-order valence-corrected chi connectivity index (χ4v) is 2.60. The zero-order valence-corrected chi connectivity index (χ0v) is 11.7. The first-order valence-electron chi connectivity index (χ1n) is 6.07. The first kappa shape index (κ1) is 14.2. The van der Waals surface area contributed by atoms with Crippen LogP contribution in [0.25, 0.3) is 0 Å². The minimum atomic E-state index is -0.111. The molecule has 17 heavy (non-hydrogen) atoms. The molecule has 0 bridgehead atoms. The Morgan fingerprint density at radius 2 is 2.06 bits per heavy atom. The Morgan fingerprint density at radius 3 is 2.65 bits per heavy atom. The van der Waals surface area contributed by atoms with Crippen molar-refractivity contribution >= 4 is 17.3 Å². The molecule has 0 aromatic carbocycles. The van der Waals surface area contributed by atoms with Crippen LogP contribution < -0.4 is 0 Å². The van der Waals surface area contributed by atoms with Gasteiger partial charge in [0, 0.05) is 22.8 Å². The SMILES string of the molecule is CCOC(=O)CCN(C)Cc1ccc(CC)s1. The first-order chi connectivity index (χ1) is 8.15. The summed E-state index contributed by atoms with van der Waals surface area (Å²) < 4.78 is 4.90. The van der Waals surface area contributed by atoms with Gasteiger partial charge in [-0.15, -0.1) is 11.3 Å². The lowest BCUT2D eigenvalue weighted by atomic mass is 10.3. The molecule has 0 unspecified atom stereocenters. The molecule has 4 heteroatoms. The van der Waals surface area contributed by atoms with E-state index in [4.69, 9.17) is 4.74 Å². The van der Waals surface area contributed by atoms with Gasteiger partial charge in [-0.05, 0) is 32.5 Å². The van der Waals surface area contributed by atoms with Crippen LogP contribution in [0.15, 0.2) is 12.1 Å². The number of hydrogen-bond acceptors (Lipinski definition) is 4. The predicted octanol–water partition coefficient (Wildman–Crippen LogP) is 2.70. The maximum absolute atomic E-state index is 11.2. The molecule has 0 atom stereocenters. The van der Waals surface area contributed by atoms with Gasteiger partial charge in [-0.3, -0.25) is 4.79 Å². The standard InChI is InChI=1S/C13H21NO2S/c1-4-11-6-7-12(17-11)10-14(3)9-8-13(15)16-5-2/h6-7H,4-5,8-10H2,1-3H3. The van der Waals surface area contributed by atoms with Crippen molar-refractivity contribution in [1.82, 2.24) is 4.90 Å². The Kier molecular flexibility index (Phi) is 6.22. The molecule has 0 radical (unpaired) electrons. The number of ether oxygens (including phenoxy) is 1. The van der Waals surface area contributed by atoms with Crippen molar-refractivity contribution in [3.05, 3.63) is 21.9 Å². The van der Waals surface area contributed by atoms with E-state index < -0.39 is 0 Å². The molecule has 1 aromatic rings. The zero-order chi connectivity index (χ0) is 12.7. The van der Waals surface area contributed by atoms with Gasteiger partial charge in [0.1, 0.15) is 0 Å². The molecule has 3 nitrogen and oxygen atoms in total. The van der Waals surface area contributed by atoms with E-state index in [1.165, 1.54) is 9.75 Å². The molecule has 0 amide bonds. The van der Waals surface area contributed by atoms with Crippen LogP contribution in [-0.4, -0.2) is 31.1 Å². The van der Waals surface area contributed by atoms with E-state index in [1.807, 2.05) is 25.3 Å². The van der Waals surface area contributed by atoms with Crippen LogP contribution in [0, 0.1) is 0 Å². The second-order valence-electron chi connectivity index (χ2n) is 4.01. The second kappa shape index (κ2) is 7.45. The minimum Gasteiger partial charge on any atom is -0.466 e. The Balaban J connectivity index is 2.29. The van der Waals surface area contributed by atoms with Gasteiger partial charge in [0.15, 0.2) is 0 Å². The monoisotopic (exact) mass is 255 g/mol. The minimum absolute atomic E-state index is 0.111. The Labute approximate surface area is 107 Å². The molecule has 0 N–H and O–H groups in total. The number of thiophene rings is 1. The number of nitrogens with zero attached hydrogens (tertiary/aromatic N) is 1. The number of rotatable bonds is 7. The molecule has 1 heterocycles. The molecule has 1 aromatic heterocycles. The van der Waals surface area contributed by atoms with Gasteiger partial charge in [-0.25, -0.2) is 0 Å². The third kappa shape index (κ3) is 5.33. The summed E-state index contributed by atoms with van der Waals surface area (Å²) in [6.45, 7) is 6.12. The normalized spacial score (nSPS) is 10.8. The highest BCUT2D eigenvalue weighted by Crippen LogP contribution is 2.18. The van der Waals surface area contributed by atoms with E-state index >= 15 is 0 Å². The summed E-state index contributed by atoms with van der Waals surface area (Å²) >= 11 is 1.85. The average Bonchev–Trinajstić information content (AvgIpc) is 2.74. The van der Waals surface area contributed by atoms with Crippen LogP contribution >= 0.6 is 11.3 Å². The van der Waals surface area contributed by atoms with Gasteiger partial charge >= 0.3 is 5.97 Å². The van der Waals surface area contributed by atoms with Crippen LogP contribution in [0.3, 0.4) is 0 Å². The summed E-state index contributed by atoms with van der Waals surface area (Å²) in [5, 5.41) is 0. The summed E-state index contributed by atoms with van der Waals surface area (Å²) in [7, 11) is 2.03. The van der Waals surface area contributed by atoms with Crippen LogP contribution in [0.4, 0.5) is 0 Å². The summed E-state index contributed by atoms with van der Waals surface area (Å²) in [5.74, 6) is -0.111. The summed E-state index contributed by atoms with van der Waals surface area (Å²) in [6.07, 6.45) is 1.56. The molecule has 0 aliphatic carbocycles. The van der Waals surface area contributed by atoms with E-state index in [0.29, 0.717) is 13.0 Å². The van der Waals surface area contributed by atoms with E-state index in [1.54, 1.807) is 0 Å². The lowest BCUT2D eigenvalue weighted by Crippen LogP contribution is -2.21. The molecule has 0 spiro atoms. The molecular formula is C13H21NO2S. The molecule has 0 aliphatic heterocycles. The number of hydrogen-bond donors (Lipinski definition) is 0. The summed E-state index contributed by atoms with van der Waals surface area (Å²) in [5.41, 5.74) is 0. The van der Waals surface area contributed by atoms with E-state index in [0.717, 1.165) is 19.5 Å². The Hall–Kier alpha value is -0.870. The van der Waals surface area contributed by atoms with Gasteiger partial charge in [-0.1, -0.05) is 6.92 Å². The number of carbonyl (C=O) groups is 1. The van der Waals surface area contributed by atoms with Crippen LogP contribution in [-0.2, 0) is 22.5 Å². The van der Waals surface area contributed by atoms with E-state index in [9.17, 15) is 4.79 Å². The third-order valence-electron chi connectivity index (χ3n) is 2.49. The molecule has 0 aliphatic rings. The molecular weight excluding hydrogens is 234 g/mol. The quantitative estimate of drug-likeness (QED) is 0.702. The van der Waals surface area contributed by atoms with Crippen LogP contribution in [0.1, 0.15) is 30.0 Å². The Bertz CT molecular complexity index is 349. The van der Waals surface area contributed by atoms with Gasteiger partial charge in [0.25, 0.3) is 0 Å².